The first-order chi connectivity index (χ1) is 5.81. The van der Waals surface area contributed by atoms with E-state index < -0.39 is 7.12 Å². The van der Waals surface area contributed by atoms with E-state index in [0.29, 0.717) is 6.61 Å². The molecule has 0 fully saturated rings. The zero-order valence-corrected chi connectivity index (χ0v) is 6.53. The van der Waals surface area contributed by atoms with Crippen molar-refractivity contribution in [3.63, 3.8) is 0 Å². The largest absolute Gasteiger partial charge is 0.491 e. The third-order valence-electron chi connectivity index (χ3n) is 2.05. The van der Waals surface area contributed by atoms with Crippen molar-refractivity contribution in [1.29, 1.82) is 0 Å². The fourth-order valence-electron chi connectivity index (χ4n) is 1.38. The van der Waals surface area contributed by atoms with Gasteiger partial charge in [0.15, 0.2) is 0 Å². The molecule has 0 amide bonds. The minimum absolute atomic E-state index is 0.0311. The first-order valence-corrected chi connectivity index (χ1v) is 3.83. The van der Waals surface area contributed by atoms with Crippen molar-refractivity contribution in [2.45, 2.75) is 13.2 Å². The average molecular weight is 164 g/mol. The van der Waals surface area contributed by atoms with Crippen LogP contribution < -0.4 is 5.46 Å². The molecule has 0 atom stereocenters. The number of aliphatic hydroxyl groups excluding tert-OH is 1. The smallest absolute Gasteiger partial charge is 0.423 e. The van der Waals surface area contributed by atoms with Gasteiger partial charge in [0.25, 0.3) is 0 Å². The monoisotopic (exact) mass is 164 g/mol. The Hall–Kier alpha value is -0.835. The van der Waals surface area contributed by atoms with E-state index >= 15 is 0 Å². The molecule has 2 rings (SSSR count). The lowest BCUT2D eigenvalue weighted by atomic mass is 9.79. The van der Waals surface area contributed by atoms with Crippen LogP contribution in [0.4, 0.5) is 0 Å². The molecule has 1 heterocycles. The third-order valence-corrected chi connectivity index (χ3v) is 2.05. The number of hydrogen-bond donors (Lipinski definition) is 2. The van der Waals surface area contributed by atoms with Gasteiger partial charge in [-0.15, -0.1) is 0 Å². The first kappa shape index (κ1) is 7.80. The van der Waals surface area contributed by atoms with Crippen LogP contribution in [-0.2, 0) is 17.9 Å². The molecule has 1 aromatic carbocycles. The van der Waals surface area contributed by atoms with Crippen LogP contribution in [0.1, 0.15) is 11.1 Å². The van der Waals surface area contributed by atoms with Crippen LogP contribution in [-0.4, -0.2) is 17.2 Å². The SMILES string of the molecule is OCc1ccc2c(c1)COB2O. The molecule has 0 saturated heterocycles. The van der Waals surface area contributed by atoms with Gasteiger partial charge in [0, 0.05) is 0 Å². The molecule has 1 aliphatic rings. The number of rotatable bonds is 1. The molecule has 62 valence electrons. The Morgan fingerprint density at radius 3 is 3.08 bits per heavy atom. The molecule has 0 spiro atoms. The summed E-state index contributed by atoms with van der Waals surface area (Å²) in [5.74, 6) is 0. The van der Waals surface area contributed by atoms with Gasteiger partial charge in [-0.2, -0.15) is 0 Å². The highest BCUT2D eigenvalue weighted by molar-refractivity contribution is 6.61. The Kier molecular flexibility index (Phi) is 1.88. The van der Waals surface area contributed by atoms with Gasteiger partial charge in [-0.1, -0.05) is 18.2 Å². The predicted molar refractivity (Wildman–Crippen MR) is 44.8 cm³/mol. The lowest BCUT2D eigenvalue weighted by molar-refractivity contribution is 0.273. The number of hydrogen-bond acceptors (Lipinski definition) is 3. The summed E-state index contributed by atoms with van der Waals surface area (Å²) in [6.07, 6.45) is 0. The molecule has 1 aliphatic heterocycles. The van der Waals surface area contributed by atoms with Crippen LogP contribution in [0.5, 0.6) is 0 Å². The van der Waals surface area contributed by atoms with E-state index in [1.54, 1.807) is 12.1 Å². The fraction of sp³-hybridized carbons (Fsp3) is 0.250. The van der Waals surface area contributed by atoms with Crippen molar-refractivity contribution >= 4 is 12.6 Å². The third kappa shape index (κ3) is 1.14. The van der Waals surface area contributed by atoms with Gasteiger partial charge < -0.3 is 14.8 Å². The van der Waals surface area contributed by atoms with Gasteiger partial charge >= 0.3 is 7.12 Å². The molecule has 0 aliphatic carbocycles. The van der Waals surface area contributed by atoms with E-state index in [1.807, 2.05) is 6.07 Å². The Morgan fingerprint density at radius 2 is 2.33 bits per heavy atom. The van der Waals surface area contributed by atoms with E-state index in [2.05, 4.69) is 0 Å². The number of aliphatic hydroxyl groups is 1. The average Bonchev–Trinajstić information content (AvgIpc) is 2.47. The summed E-state index contributed by atoms with van der Waals surface area (Å²) >= 11 is 0. The van der Waals surface area contributed by atoms with Gasteiger partial charge in [0.05, 0.1) is 13.2 Å². The van der Waals surface area contributed by atoms with Crippen molar-refractivity contribution in [1.82, 2.24) is 0 Å². The highest BCUT2D eigenvalue weighted by atomic mass is 16.5. The summed E-state index contributed by atoms with van der Waals surface area (Å²) in [7, 11) is -0.784. The van der Waals surface area contributed by atoms with E-state index in [1.165, 1.54) is 0 Å². The second-order valence-corrected chi connectivity index (χ2v) is 2.85. The van der Waals surface area contributed by atoms with Crippen LogP contribution in [0, 0.1) is 0 Å². The highest BCUT2D eigenvalue weighted by Gasteiger charge is 2.26. The molecule has 0 saturated carbocycles. The normalized spacial score (nSPS) is 15.0. The van der Waals surface area contributed by atoms with Gasteiger partial charge in [-0.05, 0) is 16.6 Å². The van der Waals surface area contributed by atoms with E-state index in [0.717, 1.165) is 16.6 Å². The van der Waals surface area contributed by atoms with Crippen LogP contribution >= 0.6 is 0 Å². The summed E-state index contributed by atoms with van der Waals surface area (Å²) in [6, 6.07) is 5.43. The molecule has 0 unspecified atom stereocenters. The summed E-state index contributed by atoms with van der Waals surface area (Å²) in [5, 5.41) is 18.1. The summed E-state index contributed by atoms with van der Waals surface area (Å²) in [5.41, 5.74) is 2.63. The molecule has 0 radical (unpaired) electrons. The molecule has 2 N–H and O–H groups in total. The van der Waals surface area contributed by atoms with Crippen molar-refractivity contribution in [3.05, 3.63) is 29.3 Å². The predicted octanol–water partition coefficient (Wildman–Crippen LogP) is -0.603. The lowest BCUT2D eigenvalue weighted by Crippen LogP contribution is -2.27. The minimum atomic E-state index is -0.784. The van der Waals surface area contributed by atoms with E-state index in [-0.39, 0.29) is 6.61 Å². The quantitative estimate of drug-likeness (QED) is 0.544. The van der Waals surface area contributed by atoms with Crippen LogP contribution in [0.25, 0.3) is 0 Å². The summed E-state index contributed by atoms with van der Waals surface area (Å²) < 4.78 is 5.00. The lowest BCUT2D eigenvalue weighted by Gasteiger charge is -1.99. The molecule has 3 nitrogen and oxygen atoms in total. The minimum Gasteiger partial charge on any atom is -0.423 e. The van der Waals surface area contributed by atoms with Gasteiger partial charge in [-0.3, -0.25) is 0 Å². The van der Waals surface area contributed by atoms with Gasteiger partial charge in [0.1, 0.15) is 0 Å². The molecule has 0 bridgehead atoms. The summed E-state index contributed by atoms with van der Waals surface area (Å²) in [4.78, 5) is 0. The van der Waals surface area contributed by atoms with Crippen molar-refractivity contribution in [2.75, 3.05) is 0 Å². The maximum Gasteiger partial charge on any atom is 0.491 e. The topological polar surface area (TPSA) is 49.7 Å². The number of benzene rings is 1. The Bertz CT molecular complexity index is 300. The molecular formula is C8H9BO3. The van der Waals surface area contributed by atoms with E-state index in [9.17, 15) is 5.02 Å². The van der Waals surface area contributed by atoms with Gasteiger partial charge in [-0.25, -0.2) is 0 Å². The Balaban J connectivity index is 2.41. The molecular weight excluding hydrogens is 155 g/mol. The number of fused-ring (bicyclic) bond motifs is 1. The second kappa shape index (κ2) is 2.90. The van der Waals surface area contributed by atoms with Crippen LogP contribution in [0.15, 0.2) is 18.2 Å². The van der Waals surface area contributed by atoms with Crippen molar-refractivity contribution in [3.8, 4) is 0 Å². The summed E-state index contributed by atoms with van der Waals surface area (Å²) in [6.45, 7) is 0.466. The van der Waals surface area contributed by atoms with Crippen molar-refractivity contribution < 1.29 is 14.8 Å². The highest BCUT2D eigenvalue weighted by Crippen LogP contribution is 2.11. The molecule has 0 aromatic heterocycles. The second-order valence-electron chi connectivity index (χ2n) is 2.85. The maximum atomic E-state index is 9.26. The fourth-order valence-corrected chi connectivity index (χ4v) is 1.38. The Labute approximate surface area is 70.8 Å². The molecule has 4 heteroatoms. The Morgan fingerprint density at radius 1 is 1.50 bits per heavy atom. The molecule has 1 aromatic rings. The van der Waals surface area contributed by atoms with Gasteiger partial charge in [0.2, 0.25) is 0 Å². The molecule has 12 heavy (non-hydrogen) atoms. The first-order valence-electron chi connectivity index (χ1n) is 3.83. The van der Waals surface area contributed by atoms with E-state index in [4.69, 9.17) is 9.76 Å². The van der Waals surface area contributed by atoms with Crippen molar-refractivity contribution in [2.24, 2.45) is 0 Å². The zero-order chi connectivity index (χ0) is 8.55. The van der Waals surface area contributed by atoms with Crippen LogP contribution in [0.2, 0.25) is 0 Å². The van der Waals surface area contributed by atoms with Crippen LogP contribution in [0.3, 0.4) is 0 Å². The zero-order valence-electron chi connectivity index (χ0n) is 6.53. The standard InChI is InChI=1S/C8H9BO3/c10-4-6-1-2-8-7(3-6)5-12-9(8)11/h1-3,10-11H,4-5H2. The maximum absolute atomic E-state index is 9.26.